The predicted molar refractivity (Wildman–Crippen MR) is 76.2 cm³/mol. The SMILES string of the molecule is [B]C1(I)C2(I)C3(I)C(I)C132. The van der Waals surface area contributed by atoms with E-state index in [2.05, 4.69) is 90.4 Å². The Morgan fingerprint density at radius 1 is 1.20 bits per heavy atom. The van der Waals surface area contributed by atoms with Gasteiger partial charge in [-0.1, -0.05) is 90.4 Å². The third-order valence-corrected chi connectivity index (χ3v) is 14.8. The Morgan fingerprint density at radius 3 is 1.70 bits per heavy atom. The number of hydrogen-bond acceptors (Lipinski definition) is 0. The van der Waals surface area contributed by atoms with Crippen molar-refractivity contribution >= 4 is 98.2 Å². The van der Waals surface area contributed by atoms with Crippen LogP contribution < -0.4 is 0 Å². The summed E-state index contributed by atoms with van der Waals surface area (Å²) in [7, 11) is 6.11. The second kappa shape index (κ2) is 1.61. The molecule has 0 aromatic heterocycles. The molecule has 0 bridgehead atoms. The standard InChI is InChI=1S/C5HBI4/c6-5(10)2-1(7)3(2,8)4(2,5)9/h1H. The summed E-state index contributed by atoms with van der Waals surface area (Å²) in [4.78, 5) is 0. The van der Waals surface area contributed by atoms with Gasteiger partial charge in [-0.05, 0) is 0 Å². The van der Waals surface area contributed by atoms with Gasteiger partial charge in [-0.25, -0.2) is 0 Å². The minimum absolute atomic E-state index is 0.130. The van der Waals surface area contributed by atoms with E-state index in [0.29, 0.717) is 12.3 Å². The Bertz CT molecular complexity index is 251. The van der Waals surface area contributed by atoms with E-state index < -0.39 is 0 Å². The highest BCUT2D eigenvalue weighted by atomic mass is 127. The summed E-state index contributed by atoms with van der Waals surface area (Å²) in [6.45, 7) is 0. The highest BCUT2D eigenvalue weighted by Gasteiger charge is 3.23. The van der Waals surface area contributed by atoms with Gasteiger partial charge in [0.1, 0.15) is 0 Å². The van der Waals surface area contributed by atoms with Gasteiger partial charge in [0.15, 0.2) is 0 Å². The van der Waals surface area contributed by atoms with Gasteiger partial charge >= 0.3 is 0 Å². The van der Waals surface area contributed by atoms with Crippen molar-refractivity contribution in [3.05, 3.63) is 0 Å². The first-order chi connectivity index (χ1) is 4.40. The largest absolute Gasteiger partial charge is 0.0918 e. The van der Waals surface area contributed by atoms with Crippen molar-refractivity contribution in [2.45, 2.75) is 14.1 Å². The summed E-state index contributed by atoms with van der Waals surface area (Å²) in [5.41, 5.74) is 0.537. The number of halogens is 4. The summed E-state index contributed by atoms with van der Waals surface area (Å²) >= 11 is 10.1. The highest BCUT2D eigenvalue weighted by Crippen LogP contribution is 3.15. The molecule has 0 saturated heterocycles. The van der Waals surface area contributed by atoms with Crippen LogP contribution in [0.1, 0.15) is 0 Å². The normalized spacial score (nSPS) is 89.0. The van der Waals surface area contributed by atoms with Crippen LogP contribution >= 0.6 is 90.4 Å². The third kappa shape index (κ3) is 0.376. The van der Waals surface area contributed by atoms with Crippen LogP contribution in [0.5, 0.6) is 0 Å². The molecule has 3 aliphatic carbocycles. The Balaban J connectivity index is 2.12. The summed E-state index contributed by atoms with van der Waals surface area (Å²) in [6.07, 6.45) is 0. The van der Waals surface area contributed by atoms with Crippen LogP contribution in [0.2, 0.25) is 0 Å². The minimum atomic E-state index is 0.130. The molecule has 5 heteroatoms. The van der Waals surface area contributed by atoms with Gasteiger partial charge in [0.05, 0.1) is 14.7 Å². The molecule has 5 atom stereocenters. The summed E-state index contributed by atoms with van der Waals surface area (Å²) in [6, 6.07) is 0. The van der Waals surface area contributed by atoms with Crippen molar-refractivity contribution in [1.82, 2.24) is 0 Å². The van der Waals surface area contributed by atoms with Gasteiger partial charge in [0, 0.05) is 12.7 Å². The minimum Gasteiger partial charge on any atom is -0.0873 e. The Labute approximate surface area is 115 Å². The highest BCUT2D eigenvalue weighted by molar-refractivity contribution is 14.1. The molecule has 5 unspecified atom stereocenters. The van der Waals surface area contributed by atoms with E-state index >= 15 is 0 Å². The van der Waals surface area contributed by atoms with Crippen LogP contribution in [0.4, 0.5) is 0 Å². The first-order valence-corrected chi connectivity index (χ1v) is 7.38. The fourth-order valence-electron chi connectivity index (χ4n) is 2.39. The number of alkyl halides is 4. The zero-order valence-electron chi connectivity index (χ0n) is 4.67. The van der Waals surface area contributed by atoms with Crippen molar-refractivity contribution < 1.29 is 0 Å². The van der Waals surface area contributed by atoms with Crippen molar-refractivity contribution in [1.29, 1.82) is 0 Å². The van der Waals surface area contributed by atoms with Crippen LogP contribution in [0.15, 0.2) is 0 Å². The van der Waals surface area contributed by atoms with Crippen LogP contribution in [0, 0.1) is 5.41 Å². The average Bonchev–Trinajstić information content (AvgIpc) is 2.59. The van der Waals surface area contributed by atoms with Gasteiger partial charge in [0.25, 0.3) is 0 Å². The quantitative estimate of drug-likeness (QED) is 0.235. The van der Waals surface area contributed by atoms with Crippen LogP contribution in [-0.2, 0) is 0 Å². The molecule has 2 radical (unpaired) electrons. The summed E-state index contributed by atoms with van der Waals surface area (Å²) in [5, 5.41) is 0. The Morgan fingerprint density at radius 2 is 1.70 bits per heavy atom. The molecule has 0 heterocycles. The number of hydrogen-bond donors (Lipinski definition) is 0. The van der Waals surface area contributed by atoms with Gasteiger partial charge in [-0.15, -0.1) is 0 Å². The van der Waals surface area contributed by atoms with Crippen LogP contribution in [0.25, 0.3) is 0 Å². The molecule has 0 aromatic carbocycles. The molecule has 0 amide bonds. The van der Waals surface area contributed by atoms with E-state index in [4.69, 9.17) is 7.85 Å². The molecule has 1 spiro atoms. The van der Waals surface area contributed by atoms with Gasteiger partial charge < -0.3 is 0 Å². The molecule has 0 aliphatic heterocycles. The van der Waals surface area contributed by atoms with Crippen LogP contribution in [-0.4, -0.2) is 21.9 Å². The molecule has 3 saturated carbocycles. The van der Waals surface area contributed by atoms with E-state index in [9.17, 15) is 0 Å². The lowest BCUT2D eigenvalue weighted by atomic mass is 9.93. The lowest BCUT2D eigenvalue weighted by molar-refractivity contribution is 0.974. The lowest BCUT2D eigenvalue weighted by Gasteiger charge is -2.15. The molecular weight excluding hydrogens is 578 g/mol. The van der Waals surface area contributed by atoms with Crippen LogP contribution in [0.3, 0.4) is 0 Å². The van der Waals surface area contributed by atoms with E-state index in [-0.39, 0.29) is 3.32 Å². The first-order valence-electron chi connectivity index (χ1n) is 2.90. The van der Waals surface area contributed by atoms with Gasteiger partial charge in [-0.3, -0.25) is 0 Å². The van der Waals surface area contributed by atoms with E-state index in [1.165, 1.54) is 0 Å². The zero-order valence-corrected chi connectivity index (χ0v) is 13.3. The second-order valence-corrected chi connectivity index (χ2v) is 9.52. The maximum atomic E-state index is 6.11. The fraction of sp³-hybridized carbons (Fsp3) is 1.00. The molecule has 10 heavy (non-hydrogen) atoms. The molecule has 3 fully saturated rings. The Hall–Kier alpha value is 2.98. The van der Waals surface area contributed by atoms with E-state index in [1.807, 2.05) is 0 Å². The third-order valence-electron chi connectivity index (χ3n) is 3.21. The summed E-state index contributed by atoms with van der Waals surface area (Å²) < 4.78 is 2.04. The lowest BCUT2D eigenvalue weighted by Crippen LogP contribution is -2.26. The van der Waals surface area contributed by atoms with Crippen molar-refractivity contribution in [3.63, 3.8) is 0 Å². The predicted octanol–water partition coefficient (Wildman–Crippen LogP) is 2.46. The van der Waals surface area contributed by atoms with E-state index in [0.717, 1.165) is 3.92 Å². The van der Waals surface area contributed by atoms with Crippen molar-refractivity contribution in [2.24, 2.45) is 5.41 Å². The maximum absolute atomic E-state index is 6.11. The molecule has 3 rings (SSSR count). The number of rotatable bonds is 0. The molecular formula is C5HBI4. The molecule has 0 N–H and O–H groups in total. The van der Waals surface area contributed by atoms with Gasteiger partial charge in [0.2, 0.25) is 0 Å². The second-order valence-electron chi connectivity index (χ2n) is 3.25. The molecule has 0 aromatic rings. The monoisotopic (exact) mass is 580 g/mol. The Kier molecular flexibility index (Phi) is 1.34. The molecule has 3 aliphatic rings. The molecule has 52 valence electrons. The van der Waals surface area contributed by atoms with E-state index in [1.54, 1.807) is 0 Å². The smallest absolute Gasteiger partial charge is 0.0873 e. The first kappa shape index (κ1) is 8.31. The average molecular weight is 579 g/mol. The van der Waals surface area contributed by atoms with Gasteiger partial charge in [-0.2, -0.15) is 0 Å². The summed E-state index contributed by atoms with van der Waals surface area (Å²) in [5.74, 6) is 0. The number of fused-ring (bicyclic) bond motifs is 1. The van der Waals surface area contributed by atoms with Crippen molar-refractivity contribution in [3.8, 4) is 0 Å². The topological polar surface area (TPSA) is 0 Å². The zero-order chi connectivity index (χ0) is 7.58. The molecule has 0 nitrogen and oxygen atoms in total. The fourth-order valence-corrected chi connectivity index (χ4v) is 15.1. The maximum Gasteiger partial charge on any atom is 0.0918 e. The van der Waals surface area contributed by atoms with Crippen molar-refractivity contribution in [2.75, 3.05) is 0 Å².